The highest BCUT2D eigenvalue weighted by molar-refractivity contribution is 14.1. The summed E-state index contributed by atoms with van der Waals surface area (Å²) < 4.78 is 6.91. The van der Waals surface area contributed by atoms with Gasteiger partial charge in [0.05, 0.1) is 6.61 Å². The molecule has 0 atom stereocenters. The van der Waals surface area contributed by atoms with Crippen LogP contribution in [0.4, 0.5) is 5.69 Å². The van der Waals surface area contributed by atoms with Crippen LogP contribution in [0.15, 0.2) is 77.7 Å². The van der Waals surface area contributed by atoms with E-state index in [0.29, 0.717) is 12.2 Å². The Bertz CT molecular complexity index is 898. The quantitative estimate of drug-likeness (QED) is 0.251. The van der Waals surface area contributed by atoms with Gasteiger partial charge in [0, 0.05) is 25.5 Å². The Hall–Kier alpha value is -1.99. The molecule has 0 unspecified atom stereocenters. The average Bonchev–Trinajstić information content (AvgIpc) is 2.69. The van der Waals surface area contributed by atoms with Crippen LogP contribution >= 0.6 is 34.4 Å². The Kier molecular flexibility index (Phi) is 7.18. The lowest BCUT2D eigenvalue weighted by Crippen LogP contribution is -2.12. The number of halogens is 1. The summed E-state index contributed by atoms with van der Waals surface area (Å²) in [5, 5.41) is 2.96. The van der Waals surface area contributed by atoms with Gasteiger partial charge in [-0.2, -0.15) is 0 Å². The van der Waals surface area contributed by atoms with Gasteiger partial charge in [0.1, 0.15) is 5.75 Å². The summed E-state index contributed by atoms with van der Waals surface area (Å²) >= 11 is 4.02. The topological polar surface area (TPSA) is 38.3 Å². The number of aryl methyl sites for hydroxylation is 1. The van der Waals surface area contributed by atoms with Gasteiger partial charge in [0.2, 0.25) is 0 Å². The first-order chi connectivity index (χ1) is 13.1. The fourth-order valence-corrected chi connectivity index (χ4v) is 3.90. The Morgan fingerprint density at radius 3 is 2.48 bits per heavy atom. The Labute approximate surface area is 177 Å². The van der Waals surface area contributed by atoms with E-state index in [0.717, 1.165) is 26.3 Å². The Balaban J connectivity index is 1.49. The minimum atomic E-state index is -0.120. The van der Waals surface area contributed by atoms with Gasteiger partial charge in [-0.25, -0.2) is 0 Å². The van der Waals surface area contributed by atoms with E-state index in [2.05, 4.69) is 40.0 Å². The van der Waals surface area contributed by atoms with Crippen LogP contribution in [0, 0.1) is 10.5 Å². The van der Waals surface area contributed by atoms with Gasteiger partial charge in [-0.05, 0) is 89.7 Å². The molecule has 0 heterocycles. The zero-order valence-corrected chi connectivity index (χ0v) is 17.9. The summed E-state index contributed by atoms with van der Waals surface area (Å²) in [6, 6.07) is 23.5. The Morgan fingerprint density at radius 1 is 1.04 bits per heavy atom. The largest absolute Gasteiger partial charge is 0.493 e. The van der Waals surface area contributed by atoms with Crippen LogP contribution in [-0.2, 0) is 0 Å². The molecule has 0 aliphatic carbocycles. The van der Waals surface area contributed by atoms with E-state index < -0.39 is 0 Å². The molecule has 0 saturated heterocycles. The molecule has 3 rings (SSSR count). The highest BCUT2D eigenvalue weighted by Crippen LogP contribution is 2.20. The molecule has 1 N–H and O–H groups in total. The molecule has 27 heavy (non-hydrogen) atoms. The molecule has 0 bridgehead atoms. The zero-order valence-electron chi connectivity index (χ0n) is 14.9. The molecule has 0 spiro atoms. The number of rotatable bonds is 7. The number of hydrogen-bond acceptors (Lipinski definition) is 3. The maximum absolute atomic E-state index is 12.4. The summed E-state index contributed by atoms with van der Waals surface area (Å²) in [6.07, 6.45) is 0. The fourth-order valence-electron chi connectivity index (χ4n) is 2.50. The molecule has 5 heteroatoms. The number of benzene rings is 3. The summed E-state index contributed by atoms with van der Waals surface area (Å²) in [5.41, 5.74) is 2.49. The molecule has 3 nitrogen and oxygen atoms in total. The van der Waals surface area contributed by atoms with Crippen LogP contribution in [0.25, 0.3) is 0 Å². The first-order valence-electron chi connectivity index (χ1n) is 8.60. The summed E-state index contributed by atoms with van der Waals surface area (Å²) in [5.74, 6) is 1.52. The van der Waals surface area contributed by atoms with Gasteiger partial charge in [-0.15, -0.1) is 11.8 Å². The number of amides is 1. The second-order valence-corrected chi connectivity index (χ2v) is 8.36. The molecular weight excluding hydrogens is 469 g/mol. The van der Waals surface area contributed by atoms with Gasteiger partial charge in [0.15, 0.2) is 0 Å². The van der Waals surface area contributed by atoms with Crippen molar-refractivity contribution in [1.82, 2.24) is 0 Å². The fraction of sp³-hybridized carbons (Fsp3) is 0.136. The van der Waals surface area contributed by atoms with Gasteiger partial charge >= 0.3 is 0 Å². The number of ether oxygens (including phenoxy) is 1. The van der Waals surface area contributed by atoms with Crippen molar-refractivity contribution in [3.05, 3.63) is 87.5 Å². The first kappa shape index (κ1) is 19.8. The molecule has 138 valence electrons. The van der Waals surface area contributed by atoms with E-state index in [1.165, 1.54) is 4.90 Å². The van der Waals surface area contributed by atoms with Crippen molar-refractivity contribution >= 4 is 45.9 Å². The number of thioether (sulfide) groups is 1. The molecule has 0 aliphatic heterocycles. The maximum atomic E-state index is 12.4. The monoisotopic (exact) mass is 489 g/mol. The number of nitrogens with one attached hydrogen (secondary N) is 1. The minimum absolute atomic E-state index is 0.120. The number of anilines is 1. The van der Waals surface area contributed by atoms with Crippen molar-refractivity contribution in [2.24, 2.45) is 0 Å². The van der Waals surface area contributed by atoms with E-state index in [1.54, 1.807) is 23.9 Å². The predicted molar refractivity (Wildman–Crippen MR) is 121 cm³/mol. The molecule has 1 amide bonds. The lowest BCUT2D eigenvalue weighted by molar-refractivity contribution is 0.102. The number of carbonyl (C=O) groups excluding carboxylic acids is 1. The average molecular weight is 489 g/mol. The van der Waals surface area contributed by atoms with Crippen molar-refractivity contribution in [2.75, 3.05) is 17.7 Å². The van der Waals surface area contributed by atoms with Crippen molar-refractivity contribution in [2.45, 2.75) is 11.8 Å². The van der Waals surface area contributed by atoms with Gasteiger partial charge < -0.3 is 10.1 Å². The third-order valence-electron chi connectivity index (χ3n) is 3.92. The van der Waals surface area contributed by atoms with Crippen LogP contribution in [0.2, 0.25) is 0 Å². The van der Waals surface area contributed by atoms with Crippen LogP contribution in [0.1, 0.15) is 15.9 Å². The lowest BCUT2D eigenvalue weighted by Gasteiger charge is -2.10. The maximum Gasteiger partial charge on any atom is 0.255 e. The number of carbonyl (C=O) groups is 1. The number of hydrogen-bond donors (Lipinski definition) is 1. The van der Waals surface area contributed by atoms with Crippen LogP contribution in [0.5, 0.6) is 5.75 Å². The summed E-state index contributed by atoms with van der Waals surface area (Å²) in [4.78, 5) is 13.7. The van der Waals surface area contributed by atoms with Crippen molar-refractivity contribution < 1.29 is 9.53 Å². The van der Waals surface area contributed by atoms with Crippen molar-refractivity contribution in [1.29, 1.82) is 0 Å². The van der Waals surface area contributed by atoms with E-state index in [-0.39, 0.29) is 5.91 Å². The van der Waals surface area contributed by atoms with Crippen LogP contribution < -0.4 is 10.1 Å². The predicted octanol–water partition coefficient (Wildman–Crippen LogP) is 6.02. The molecule has 0 aliphatic rings. The van der Waals surface area contributed by atoms with E-state index in [4.69, 9.17) is 4.74 Å². The zero-order chi connectivity index (χ0) is 19.1. The molecule has 0 fully saturated rings. The second kappa shape index (κ2) is 9.80. The normalized spacial score (nSPS) is 10.4. The van der Waals surface area contributed by atoms with Gasteiger partial charge in [-0.1, -0.05) is 18.2 Å². The summed E-state index contributed by atoms with van der Waals surface area (Å²) in [7, 11) is 0. The molecule has 0 aromatic heterocycles. The molecule has 3 aromatic carbocycles. The van der Waals surface area contributed by atoms with E-state index >= 15 is 0 Å². The lowest BCUT2D eigenvalue weighted by atomic mass is 10.1. The minimum Gasteiger partial charge on any atom is -0.493 e. The smallest absolute Gasteiger partial charge is 0.255 e. The van der Waals surface area contributed by atoms with E-state index in [1.807, 2.05) is 55.5 Å². The van der Waals surface area contributed by atoms with Gasteiger partial charge in [-0.3, -0.25) is 4.79 Å². The highest BCUT2D eigenvalue weighted by Gasteiger charge is 2.08. The third-order valence-corrected chi connectivity index (χ3v) is 5.56. The SMILES string of the molecule is Cc1cc(I)ccc1NC(=O)c1ccc(OCCSc2ccccc2)cc1. The van der Waals surface area contributed by atoms with Crippen molar-refractivity contribution in [3.63, 3.8) is 0 Å². The van der Waals surface area contributed by atoms with E-state index in [9.17, 15) is 4.79 Å². The van der Waals surface area contributed by atoms with Gasteiger partial charge in [0.25, 0.3) is 5.91 Å². The third kappa shape index (κ3) is 6.01. The van der Waals surface area contributed by atoms with Crippen molar-refractivity contribution in [3.8, 4) is 5.75 Å². The molecular formula is C22H20INO2S. The molecule has 0 saturated carbocycles. The second-order valence-electron chi connectivity index (χ2n) is 5.95. The Morgan fingerprint density at radius 2 is 1.78 bits per heavy atom. The summed E-state index contributed by atoms with van der Waals surface area (Å²) in [6.45, 7) is 2.61. The van der Waals surface area contributed by atoms with Crippen LogP contribution in [-0.4, -0.2) is 18.3 Å². The molecule has 3 aromatic rings. The first-order valence-corrected chi connectivity index (χ1v) is 10.7. The molecule has 0 radical (unpaired) electrons. The standard InChI is InChI=1S/C22H20INO2S/c1-16-15-18(23)9-12-21(16)24-22(25)17-7-10-19(11-8-17)26-13-14-27-20-5-3-2-4-6-20/h2-12,15H,13-14H2,1H3,(H,24,25). The highest BCUT2D eigenvalue weighted by atomic mass is 127. The van der Waals surface area contributed by atoms with Crippen LogP contribution in [0.3, 0.4) is 0 Å².